The topological polar surface area (TPSA) is 75.7 Å². The fraction of sp³-hybridized carbons (Fsp3) is 0.650. The highest BCUT2D eigenvalue weighted by Crippen LogP contribution is 2.17. The number of nitrogens with zero attached hydrogens (tertiary/aromatic N) is 1. The molecule has 1 heterocycles. The lowest BCUT2D eigenvalue weighted by atomic mass is 10.1. The van der Waals surface area contributed by atoms with Crippen LogP contribution in [-0.2, 0) is 14.8 Å². The van der Waals surface area contributed by atoms with E-state index in [1.807, 2.05) is 43.0 Å². The number of carbonyl (C=O) groups excluding carboxylic acids is 1. The Morgan fingerprint density at radius 2 is 1.93 bits per heavy atom. The smallest absolute Gasteiger partial charge is 0.222 e. The Kier molecular flexibility index (Phi) is 8.57. The van der Waals surface area contributed by atoms with Gasteiger partial charge in [0.1, 0.15) is 5.75 Å². The number of hydrogen-bond donors (Lipinski definition) is 1. The number of aryl methyl sites for hydroxylation is 1. The van der Waals surface area contributed by atoms with Gasteiger partial charge in [-0.15, -0.1) is 0 Å². The summed E-state index contributed by atoms with van der Waals surface area (Å²) in [4.78, 5) is 14.2. The van der Waals surface area contributed by atoms with Crippen LogP contribution in [0.4, 0.5) is 0 Å². The molecular weight excluding hydrogens is 364 g/mol. The standard InChI is InChI=1S/C20H32N2O4S/c1-3-4-16-27(24,25)21-18-11-13-22(14-12-18)20(23)10-7-15-26-19-9-6-5-8-17(19)2/h5-6,8-9,18,21H,3-4,7,10-16H2,1-2H3. The van der Waals surface area contributed by atoms with Crippen LogP contribution in [0, 0.1) is 6.92 Å². The van der Waals surface area contributed by atoms with E-state index in [2.05, 4.69) is 4.72 Å². The number of rotatable bonds is 10. The van der Waals surface area contributed by atoms with Crippen molar-refractivity contribution in [3.8, 4) is 5.75 Å². The number of benzene rings is 1. The van der Waals surface area contributed by atoms with Crippen molar-refractivity contribution in [2.45, 2.75) is 58.4 Å². The zero-order chi connectivity index (χ0) is 19.7. The first-order valence-corrected chi connectivity index (χ1v) is 11.5. The molecule has 1 aromatic carbocycles. The van der Waals surface area contributed by atoms with Crippen molar-refractivity contribution in [3.63, 3.8) is 0 Å². The molecule has 1 aliphatic heterocycles. The number of carbonyl (C=O) groups is 1. The highest BCUT2D eigenvalue weighted by atomic mass is 32.2. The molecule has 0 saturated carbocycles. The highest BCUT2D eigenvalue weighted by molar-refractivity contribution is 7.89. The number of piperidine rings is 1. The van der Waals surface area contributed by atoms with Gasteiger partial charge in [0.15, 0.2) is 0 Å². The van der Waals surface area contributed by atoms with E-state index in [-0.39, 0.29) is 17.7 Å². The second-order valence-corrected chi connectivity index (χ2v) is 9.04. The summed E-state index contributed by atoms with van der Waals surface area (Å²) >= 11 is 0. The second-order valence-electron chi connectivity index (χ2n) is 7.16. The molecule has 0 unspecified atom stereocenters. The number of likely N-dealkylation sites (tertiary alicyclic amines) is 1. The van der Waals surface area contributed by atoms with Crippen molar-refractivity contribution in [2.75, 3.05) is 25.4 Å². The number of sulfonamides is 1. The van der Waals surface area contributed by atoms with E-state index in [1.54, 1.807) is 0 Å². The van der Waals surface area contributed by atoms with Gasteiger partial charge in [0, 0.05) is 25.6 Å². The summed E-state index contributed by atoms with van der Waals surface area (Å²) < 4.78 is 32.5. The fourth-order valence-corrected chi connectivity index (χ4v) is 4.71. The monoisotopic (exact) mass is 396 g/mol. The number of hydrogen-bond acceptors (Lipinski definition) is 4. The van der Waals surface area contributed by atoms with Crippen LogP contribution in [0.5, 0.6) is 5.75 Å². The third kappa shape index (κ3) is 7.50. The molecule has 7 heteroatoms. The molecule has 1 saturated heterocycles. The van der Waals surface area contributed by atoms with Gasteiger partial charge in [-0.05, 0) is 44.2 Å². The molecule has 1 N–H and O–H groups in total. The molecule has 1 amide bonds. The zero-order valence-electron chi connectivity index (χ0n) is 16.4. The molecule has 0 spiro atoms. The van der Waals surface area contributed by atoms with E-state index in [9.17, 15) is 13.2 Å². The summed E-state index contributed by atoms with van der Waals surface area (Å²) in [5, 5.41) is 0. The van der Waals surface area contributed by atoms with Gasteiger partial charge in [-0.25, -0.2) is 13.1 Å². The largest absolute Gasteiger partial charge is 0.493 e. The maximum atomic E-state index is 12.3. The van der Waals surface area contributed by atoms with Gasteiger partial charge in [-0.2, -0.15) is 0 Å². The van der Waals surface area contributed by atoms with Gasteiger partial charge < -0.3 is 9.64 Å². The maximum absolute atomic E-state index is 12.3. The molecule has 27 heavy (non-hydrogen) atoms. The Morgan fingerprint density at radius 1 is 1.22 bits per heavy atom. The van der Waals surface area contributed by atoms with Gasteiger partial charge in [0.05, 0.1) is 12.4 Å². The third-order valence-corrected chi connectivity index (χ3v) is 6.37. The van der Waals surface area contributed by atoms with Crippen molar-refractivity contribution in [1.82, 2.24) is 9.62 Å². The van der Waals surface area contributed by atoms with Crippen LogP contribution in [0.1, 0.15) is 51.0 Å². The van der Waals surface area contributed by atoms with Crippen LogP contribution in [0.2, 0.25) is 0 Å². The third-order valence-electron chi connectivity index (χ3n) is 4.85. The number of para-hydroxylation sites is 1. The summed E-state index contributed by atoms with van der Waals surface area (Å²) in [7, 11) is -3.20. The Bertz CT molecular complexity index is 698. The SMILES string of the molecule is CCCCS(=O)(=O)NC1CCN(C(=O)CCCOc2ccccc2C)CC1. The van der Waals surface area contributed by atoms with Gasteiger partial charge in [-0.1, -0.05) is 31.5 Å². The predicted octanol–water partition coefficient (Wildman–Crippen LogP) is 2.86. The Hall–Kier alpha value is -1.60. The molecule has 0 atom stereocenters. The normalized spacial score (nSPS) is 15.7. The molecule has 1 aliphatic rings. The molecule has 0 bridgehead atoms. The number of unbranched alkanes of at least 4 members (excludes halogenated alkanes) is 1. The molecule has 0 aromatic heterocycles. The van der Waals surface area contributed by atoms with Crippen LogP contribution < -0.4 is 9.46 Å². The lowest BCUT2D eigenvalue weighted by Crippen LogP contribution is -2.47. The first-order valence-electron chi connectivity index (χ1n) is 9.87. The van der Waals surface area contributed by atoms with Crippen LogP contribution in [0.15, 0.2) is 24.3 Å². The van der Waals surface area contributed by atoms with E-state index in [0.717, 1.165) is 17.7 Å². The Morgan fingerprint density at radius 3 is 2.59 bits per heavy atom. The Balaban J connectivity index is 1.65. The van der Waals surface area contributed by atoms with Crippen molar-refractivity contribution < 1.29 is 17.9 Å². The molecule has 0 aliphatic carbocycles. The molecule has 1 fully saturated rings. The number of ether oxygens (including phenoxy) is 1. The number of nitrogens with one attached hydrogen (secondary N) is 1. The summed E-state index contributed by atoms with van der Waals surface area (Å²) in [5.74, 6) is 1.17. The van der Waals surface area contributed by atoms with Crippen molar-refractivity contribution in [1.29, 1.82) is 0 Å². The van der Waals surface area contributed by atoms with Crippen LogP contribution in [0.25, 0.3) is 0 Å². The lowest BCUT2D eigenvalue weighted by molar-refractivity contribution is -0.132. The van der Waals surface area contributed by atoms with E-state index in [1.165, 1.54) is 0 Å². The summed E-state index contributed by atoms with van der Waals surface area (Å²) in [6.45, 7) is 5.72. The summed E-state index contributed by atoms with van der Waals surface area (Å²) in [5.41, 5.74) is 1.09. The summed E-state index contributed by atoms with van der Waals surface area (Å²) in [6.07, 6.45) is 4.03. The molecule has 152 valence electrons. The minimum Gasteiger partial charge on any atom is -0.493 e. The van der Waals surface area contributed by atoms with Crippen molar-refractivity contribution >= 4 is 15.9 Å². The average molecular weight is 397 g/mol. The minimum atomic E-state index is -3.20. The van der Waals surface area contributed by atoms with Crippen LogP contribution in [-0.4, -0.2) is 50.7 Å². The molecule has 2 rings (SSSR count). The average Bonchev–Trinajstić information content (AvgIpc) is 2.65. The first-order chi connectivity index (χ1) is 12.9. The van der Waals surface area contributed by atoms with E-state index >= 15 is 0 Å². The predicted molar refractivity (Wildman–Crippen MR) is 107 cm³/mol. The molecule has 6 nitrogen and oxygen atoms in total. The fourth-order valence-electron chi connectivity index (χ4n) is 3.18. The quantitative estimate of drug-likeness (QED) is 0.617. The van der Waals surface area contributed by atoms with Gasteiger partial charge in [0.25, 0.3) is 0 Å². The first kappa shape index (κ1) is 21.7. The van der Waals surface area contributed by atoms with Gasteiger partial charge >= 0.3 is 0 Å². The van der Waals surface area contributed by atoms with Crippen molar-refractivity contribution in [3.05, 3.63) is 29.8 Å². The molecular formula is C20H32N2O4S. The maximum Gasteiger partial charge on any atom is 0.222 e. The van der Waals surface area contributed by atoms with E-state index in [4.69, 9.17) is 4.74 Å². The molecule has 0 radical (unpaired) electrons. The van der Waals surface area contributed by atoms with E-state index < -0.39 is 10.0 Å². The summed E-state index contributed by atoms with van der Waals surface area (Å²) in [6, 6.07) is 7.79. The van der Waals surface area contributed by atoms with E-state index in [0.29, 0.717) is 51.8 Å². The van der Waals surface area contributed by atoms with Gasteiger partial charge in [0.2, 0.25) is 15.9 Å². The second kappa shape index (κ2) is 10.7. The zero-order valence-corrected chi connectivity index (χ0v) is 17.3. The minimum absolute atomic E-state index is 0.0553. The van der Waals surface area contributed by atoms with Gasteiger partial charge in [-0.3, -0.25) is 4.79 Å². The lowest BCUT2D eigenvalue weighted by Gasteiger charge is -2.32. The van der Waals surface area contributed by atoms with Crippen LogP contribution >= 0.6 is 0 Å². The Labute approximate surface area is 163 Å². The number of amides is 1. The van der Waals surface area contributed by atoms with Crippen LogP contribution in [0.3, 0.4) is 0 Å². The molecule has 1 aromatic rings. The highest BCUT2D eigenvalue weighted by Gasteiger charge is 2.25. The van der Waals surface area contributed by atoms with Crippen molar-refractivity contribution in [2.24, 2.45) is 0 Å².